The normalized spacial score (nSPS) is 25.4. The van der Waals surface area contributed by atoms with Gasteiger partial charge in [0.25, 0.3) is 0 Å². The number of nitrogens with one attached hydrogen (secondary N) is 1. The maximum absolute atomic E-state index is 13.4. The summed E-state index contributed by atoms with van der Waals surface area (Å²) in [6, 6.07) is 3.48. The van der Waals surface area contributed by atoms with Gasteiger partial charge in [-0.2, -0.15) is 0 Å². The topological polar surface area (TPSA) is 21.3 Å². The molecule has 1 aliphatic rings. The van der Waals surface area contributed by atoms with Gasteiger partial charge in [0.2, 0.25) is 0 Å². The molecule has 0 saturated carbocycles. The fourth-order valence-electron chi connectivity index (χ4n) is 3.17. The molecule has 1 saturated heterocycles. The first-order valence-corrected chi connectivity index (χ1v) is 6.60. The van der Waals surface area contributed by atoms with Gasteiger partial charge in [0, 0.05) is 18.6 Å². The Morgan fingerprint density at radius 1 is 1.33 bits per heavy atom. The van der Waals surface area contributed by atoms with Crippen molar-refractivity contribution in [3.63, 3.8) is 0 Å². The highest BCUT2D eigenvalue weighted by Gasteiger charge is 2.33. The third-order valence-electron chi connectivity index (χ3n) is 4.04. The number of benzene rings is 1. The van der Waals surface area contributed by atoms with E-state index in [2.05, 4.69) is 12.2 Å². The van der Waals surface area contributed by atoms with Crippen LogP contribution in [0.2, 0.25) is 0 Å². The summed E-state index contributed by atoms with van der Waals surface area (Å²) in [5.74, 6) is 0.303. The SMILES string of the molecule is CNC(c1c(C)cc(F)cc1C)C1CCOC1C. The van der Waals surface area contributed by atoms with Crippen LogP contribution in [-0.2, 0) is 4.74 Å². The number of hydrogen-bond donors (Lipinski definition) is 1. The molecule has 0 radical (unpaired) electrons. The van der Waals surface area contributed by atoms with Gasteiger partial charge < -0.3 is 10.1 Å². The summed E-state index contributed by atoms with van der Waals surface area (Å²) in [5.41, 5.74) is 3.26. The Morgan fingerprint density at radius 3 is 2.39 bits per heavy atom. The number of halogens is 1. The number of aryl methyl sites for hydroxylation is 2. The van der Waals surface area contributed by atoms with Gasteiger partial charge in [-0.05, 0) is 63.1 Å². The lowest BCUT2D eigenvalue weighted by Gasteiger charge is -2.28. The molecule has 0 amide bonds. The molecular formula is C15H22FNO. The summed E-state index contributed by atoms with van der Waals surface area (Å²) in [4.78, 5) is 0. The molecule has 0 aromatic heterocycles. The summed E-state index contributed by atoms with van der Waals surface area (Å²) in [7, 11) is 1.97. The molecule has 0 aliphatic carbocycles. The summed E-state index contributed by atoms with van der Waals surface area (Å²) in [6.45, 7) is 6.91. The molecule has 3 unspecified atom stereocenters. The summed E-state index contributed by atoms with van der Waals surface area (Å²) < 4.78 is 19.0. The van der Waals surface area contributed by atoms with Crippen molar-refractivity contribution in [2.75, 3.05) is 13.7 Å². The van der Waals surface area contributed by atoms with E-state index in [1.165, 1.54) is 5.56 Å². The molecule has 1 fully saturated rings. The predicted octanol–water partition coefficient (Wildman–Crippen LogP) is 3.13. The Balaban J connectivity index is 2.38. The second kappa shape index (κ2) is 5.37. The van der Waals surface area contributed by atoms with Gasteiger partial charge in [0.05, 0.1) is 6.10 Å². The van der Waals surface area contributed by atoms with Crippen molar-refractivity contribution in [3.8, 4) is 0 Å². The van der Waals surface area contributed by atoms with Crippen molar-refractivity contribution in [2.24, 2.45) is 5.92 Å². The summed E-state index contributed by atoms with van der Waals surface area (Å²) >= 11 is 0. The van der Waals surface area contributed by atoms with Crippen LogP contribution in [0.3, 0.4) is 0 Å². The minimum Gasteiger partial charge on any atom is -0.378 e. The molecule has 2 rings (SSSR count). The van der Waals surface area contributed by atoms with E-state index in [4.69, 9.17) is 4.74 Å². The molecule has 1 aliphatic heterocycles. The molecule has 100 valence electrons. The Hall–Kier alpha value is -0.930. The van der Waals surface area contributed by atoms with Crippen LogP contribution in [-0.4, -0.2) is 19.8 Å². The van der Waals surface area contributed by atoms with Crippen molar-refractivity contribution in [1.29, 1.82) is 0 Å². The van der Waals surface area contributed by atoms with Gasteiger partial charge in [0.15, 0.2) is 0 Å². The van der Waals surface area contributed by atoms with Crippen LogP contribution in [0.15, 0.2) is 12.1 Å². The first-order valence-electron chi connectivity index (χ1n) is 6.60. The quantitative estimate of drug-likeness (QED) is 0.891. The smallest absolute Gasteiger partial charge is 0.123 e. The maximum Gasteiger partial charge on any atom is 0.123 e. The zero-order valence-corrected chi connectivity index (χ0v) is 11.6. The summed E-state index contributed by atoms with van der Waals surface area (Å²) in [6.07, 6.45) is 1.31. The molecule has 18 heavy (non-hydrogen) atoms. The van der Waals surface area contributed by atoms with Crippen molar-refractivity contribution < 1.29 is 9.13 Å². The van der Waals surface area contributed by atoms with Gasteiger partial charge in [-0.15, -0.1) is 0 Å². The molecule has 1 aromatic carbocycles. The van der Waals surface area contributed by atoms with Gasteiger partial charge >= 0.3 is 0 Å². The van der Waals surface area contributed by atoms with Crippen LogP contribution < -0.4 is 5.32 Å². The van der Waals surface area contributed by atoms with E-state index in [1.54, 1.807) is 12.1 Å². The molecular weight excluding hydrogens is 229 g/mol. The highest BCUT2D eigenvalue weighted by molar-refractivity contribution is 5.37. The van der Waals surface area contributed by atoms with Gasteiger partial charge in [-0.25, -0.2) is 4.39 Å². The van der Waals surface area contributed by atoms with E-state index in [1.807, 2.05) is 20.9 Å². The number of ether oxygens (including phenoxy) is 1. The van der Waals surface area contributed by atoms with Crippen molar-refractivity contribution in [3.05, 3.63) is 34.6 Å². The van der Waals surface area contributed by atoms with Gasteiger partial charge in [-0.3, -0.25) is 0 Å². The highest BCUT2D eigenvalue weighted by Crippen LogP contribution is 2.36. The Labute approximate surface area is 109 Å². The van der Waals surface area contributed by atoms with E-state index in [0.29, 0.717) is 5.92 Å². The Bertz CT molecular complexity index is 409. The third-order valence-corrected chi connectivity index (χ3v) is 4.04. The molecule has 1 heterocycles. The van der Waals surface area contributed by atoms with Crippen LogP contribution in [0.25, 0.3) is 0 Å². The predicted molar refractivity (Wildman–Crippen MR) is 71.2 cm³/mol. The number of hydrogen-bond acceptors (Lipinski definition) is 2. The standard InChI is InChI=1S/C15H22FNO/c1-9-7-12(16)8-10(2)14(9)15(17-4)13-5-6-18-11(13)3/h7-8,11,13,15,17H,5-6H2,1-4H3. The largest absolute Gasteiger partial charge is 0.378 e. The van der Waals surface area contributed by atoms with Crippen LogP contribution in [0.4, 0.5) is 4.39 Å². The second-order valence-electron chi connectivity index (χ2n) is 5.25. The van der Waals surface area contributed by atoms with Crippen molar-refractivity contribution in [1.82, 2.24) is 5.32 Å². The highest BCUT2D eigenvalue weighted by atomic mass is 19.1. The van der Waals surface area contributed by atoms with Crippen LogP contribution in [0, 0.1) is 25.6 Å². The fraction of sp³-hybridized carbons (Fsp3) is 0.600. The number of rotatable bonds is 3. The zero-order chi connectivity index (χ0) is 13.3. The maximum atomic E-state index is 13.4. The Kier molecular flexibility index (Phi) is 4.03. The van der Waals surface area contributed by atoms with Crippen LogP contribution in [0.1, 0.15) is 36.1 Å². The van der Waals surface area contributed by atoms with E-state index in [9.17, 15) is 4.39 Å². The lowest BCUT2D eigenvalue weighted by atomic mass is 9.84. The van der Waals surface area contributed by atoms with Gasteiger partial charge in [0.1, 0.15) is 5.82 Å². The molecule has 0 bridgehead atoms. The van der Waals surface area contributed by atoms with E-state index < -0.39 is 0 Å². The molecule has 0 spiro atoms. The fourth-order valence-corrected chi connectivity index (χ4v) is 3.17. The zero-order valence-electron chi connectivity index (χ0n) is 11.6. The minimum absolute atomic E-state index is 0.153. The van der Waals surface area contributed by atoms with E-state index >= 15 is 0 Å². The van der Waals surface area contributed by atoms with Crippen LogP contribution >= 0.6 is 0 Å². The van der Waals surface area contributed by atoms with E-state index in [0.717, 1.165) is 24.2 Å². The minimum atomic E-state index is -0.153. The monoisotopic (exact) mass is 251 g/mol. The first-order chi connectivity index (χ1) is 8.54. The average Bonchev–Trinajstić information content (AvgIpc) is 2.69. The Morgan fingerprint density at radius 2 is 1.94 bits per heavy atom. The molecule has 2 nitrogen and oxygen atoms in total. The third kappa shape index (κ3) is 2.43. The van der Waals surface area contributed by atoms with Gasteiger partial charge in [-0.1, -0.05) is 0 Å². The van der Waals surface area contributed by atoms with Crippen LogP contribution in [0.5, 0.6) is 0 Å². The first kappa shape index (κ1) is 13.5. The molecule has 1 aromatic rings. The summed E-state index contributed by atoms with van der Waals surface area (Å²) in [5, 5.41) is 3.39. The lowest BCUT2D eigenvalue weighted by Crippen LogP contribution is -2.30. The molecule has 3 atom stereocenters. The van der Waals surface area contributed by atoms with E-state index in [-0.39, 0.29) is 18.0 Å². The van der Waals surface area contributed by atoms with Crippen molar-refractivity contribution in [2.45, 2.75) is 39.3 Å². The molecule has 3 heteroatoms. The lowest BCUT2D eigenvalue weighted by molar-refractivity contribution is 0.0961. The molecule has 1 N–H and O–H groups in total. The average molecular weight is 251 g/mol. The van der Waals surface area contributed by atoms with Crippen molar-refractivity contribution >= 4 is 0 Å². The second-order valence-corrected chi connectivity index (χ2v) is 5.25.